The van der Waals surface area contributed by atoms with Crippen LogP contribution in [-0.4, -0.2) is 21.2 Å². The summed E-state index contributed by atoms with van der Waals surface area (Å²) in [6, 6.07) is 23.9. The highest BCUT2D eigenvalue weighted by atomic mass is 16.5. The van der Waals surface area contributed by atoms with Crippen LogP contribution in [0, 0.1) is 6.92 Å². The fourth-order valence-corrected chi connectivity index (χ4v) is 4.49. The lowest BCUT2D eigenvalue weighted by molar-refractivity contribution is 0.415. The summed E-state index contributed by atoms with van der Waals surface area (Å²) in [6.07, 6.45) is 4.78. The first-order valence-corrected chi connectivity index (χ1v) is 11.4. The zero-order valence-corrected chi connectivity index (χ0v) is 19.7. The summed E-state index contributed by atoms with van der Waals surface area (Å²) in [7, 11) is 3.74. The van der Waals surface area contributed by atoms with Gasteiger partial charge in [-0.1, -0.05) is 42.5 Å². The lowest BCUT2D eigenvalue weighted by atomic mass is 10.1. The molecule has 0 aliphatic heterocycles. The Morgan fingerprint density at radius 3 is 2.50 bits per heavy atom. The summed E-state index contributed by atoms with van der Waals surface area (Å²) < 4.78 is 9.41. The second-order valence-electron chi connectivity index (χ2n) is 8.45. The van der Waals surface area contributed by atoms with Crippen LogP contribution in [0.1, 0.15) is 22.6 Å². The Morgan fingerprint density at radius 2 is 1.71 bits per heavy atom. The molecule has 0 radical (unpaired) electrons. The number of aromatic nitrogens is 3. The van der Waals surface area contributed by atoms with E-state index in [1.807, 2.05) is 54.6 Å². The number of para-hydroxylation sites is 1. The number of nitrogens with zero attached hydrogens (tertiary/aromatic N) is 3. The molecule has 0 bridgehead atoms. The molecule has 0 aliphatic rings. The van der Waals surface area contributed by atoms with Crippen molar-refractivity contribution < 1.29 is 4.74 Å². The summed E-state index contributed by atoms with van der Waals surface area (Å²) in [5, 5.41) is 1.74. The van der Waals surface area contributed by atoms with Gasteiger partial charge in [0.25, 0.3) is 5.56 Å². The van der Waals surface area contributed by atoms with E-state index in [2.05, 4.69) is 48.9 Å². The topological polar surface area (TPSA) is 49.0 Å². The van der Waals surface area contributed by atoms with Crippen LogP contribution in [0.5, 0.6) is 5.75 Å². The van der Waals surface area contributed by atoms with Crippen molar-refractivity contribution in [2.24, 2.45) is 7.05 Å². The average molecular weight is 450 g/mol. The molecular weight excluding hydrogens is 422 g/mol. The minimum Gasteiger partial charge on any atom is -0.497 e. The van der Waals surface area contributed by atoms with E-state index in [0.717, 1.165) is 34.3 Å². The van der Waals surface area contributed by atoms with Crippen molar-refractivity contribution in [1.82, 2.24) is 14.1 Å². The number of aryl methyl sites for hydroxylation is 2. The van der Waals surface area contributed by atoms with Gasteiger partial charge in [-0.3, -0.25) is 9.36 Å². The Kier molecular flexibility index (Phi) is 5.76. The maximum Gasteiger partial charge on any atom is 0.261 e. The van der Waals surface area contributed by atoms with Gasteiger partial charge in [-0.25, -0.2) is 4.98 Å². The van der Waals surface area contributed by atoms with E-state index in [4.69, 9.17) is 9.72 Å². The number of rotatable bonds is 6. The molecule has 0 atom stereocenters. The van der Waals surface area contributed by atoms with Crippen LogP contribution in [0.2, 0.25) is 0 Å². The minimum atomic E-state index is -0.0162. The highest BCUT2D eigenvalue weighted by Crippen LogP contribution is 2.30. The highest BCUT2D eigenvalue weighted by Gasteiger charge is 2.13. The van der Waals surface area contributed by atoms with Gasteiger partial charge in [0.05, 0.1) is 18.0 Å². The molecule has 0 N–H and O–H groups in total. The summed E-state index contributed by atoms with van der Waals surface area (Å²) in [5.41, 5.74) is 5.24. The number of benzene rings is 3. The second-order valence-corrected chi connectivity index (χ2v) is 8.45. The Labute approximate surface area is 198 Å². The predicted octanol–water partition coefficient (Wildman–Crippen LogP) is 5.62. The molecule has 0 aliphatic carbocycles. The molecule has 5 heteroatoms. The van der Waals surface area contributed by atoms with Gasteiger partial charge in [-0.05, 0) is 61.4 Å². The van der Waals surface area contributed by atoms with Crippen LogP contribution in [0.25, 0.3) is 34.0 Å². The van der Waals surface area contributed by atoms with Crippen molar-refractivity contribution in [3.05, 3.63) is 106 Å². The summed E-state index contributed by atoms with van der Waals surface area (Å²) in [6.45, 7) is 2.66. The molecule has 5 nitrogen and oxygen atoms in total. The van der Waals surface area contributed by atoms with Crippen LogP contribution in [-0.2, 0) is 20.0 Å². The van der Waals surface area contributed by atoms with E-state index in [1.54, 1.807) is 11.7 Å². The molecule has 5 aromatic rings. The Morgan fingerprint density at radius 1 is 0.941 bits per heavy atom. The lowest BCUT2D eigenvalue weighted by Gasteiger charge is -2.11. The minimum absolute atomic E-state index is 0.0162. The monoisotopic (exact) mass is 449 g/mol. The third kappa shape index (κ3) is 3.90. The Bertz CT molecular complexity index is 1580. The third-order valence-corrected chi connectivity index (χ3v) is 6.51. The van der Waals surface area contributed by atoms with Crippen LogP contribution in [0.15, 0.2) is 77.6 Å². The van der Waals surface area contributed by atoms with E-state index < -0.39 is 0 Å². The second kappa shape index (κ2) is 9.02. The molecule has 0 saturated heterocycles. The number of fused-ring (bicyclic) bond motifs is 2. The molecular formula is C29H27N3O2. The molecule has 2 heterocycles. The van der Waals surface area contributed by atoms with Crippen molar-refractivity contribution in [3.8, 4) is 5.75 Å². The zero-order chi connectivity index (χ0) is 23.7. The SMILES string of the molecule is COc1ccc2c(c1)c(C=Cc1nc3ccccc3c(=O)n1CCc1ccccc1)c(C)n2C. The smallest absolute Gasteiger partial charge is 0.261 e. The molecule has 0 amide bonds. The largest absolute Gasteiger partial charge is 0.497 e. The lowest BCUT2D eigenvalue weighted by Crippen LogP contribution is -2.25. The Hall–Kier alpha value is -4.12. The fourth-order valence-electron chi connectivity index (χ4n) is 4.49. The van der Waals surface area contributed by atoms with Crippen molar-refractivity contribution in [2.75, 3.05) is 7.11 Å². The molecule has 170 valence electrons. The molecule has 0 saturated carbocycles. The van der Waals surface area contributed by atoms with Gasteiger partial charge >= 0.3 is 0 Å². The maximum absolute atomic E-state index is 13.4. The van der Waals surface area contributed by atoms with Crippen LogP contribution in [0.4, 0.5) is 0 Å². The summed E-state index contributed by atoms with van der Waals surface area (Å²) >= 11 is 0. The number of hydrogen-bond donors (Lipinski definition) is 0. The zero-order valence-electron chi connectivity index (χ0n) is 19.7. The predicted molar refractivity (Wildman–Crippen MR) is 139 cm³/mol. The van der Waals surface area contributed by atoms with Gasteiger partial charge in [0.15, 0.2) is 0 Å². The molecule has 2 aromatic heterocycles. The molecule has 0 unspecified atom stereocenters. The Balaban J connectivity index is 1.62. The van der Waals surface area contributed by atoms with Crippen molar-refractivity contribution in [1.29, 1.82) is 0 Å². The first-order chi connectivity index (χ1) is 16.6. The number of methoxy groups -OCH3 is 1. The normalized spacial score (nSPS) is 11.6. The van der Waals surface area contributed by atoms with Gasteiger partial charge in [-0.2, -0.15) is 0 Å². The first-order valence-electron chi connectivity index (χ1n) is 11.4. The van der Waals surface area contributed by atoms with E-state index in [0.29, 0.717) is 23.3 Å². The highest BCUT2D eigenvalue weighted by molar-refractivity contribution is 5.94. The first kappa shape index (κ1) is 21.7. The van der Waals surface area contributed by atoms with Crippen LogP contribution < -0.4 is 10.3 Å². The fraction of sp³-hybridized carbons (Fsp3) is 0.172. The van der Waals surface area contributed by atoms with Gasteiger partial charge in [0, 0.05) is 35.8 Å². The summed E-state index contributed by atoms with van der Waals surface area (Å²) in [5.74, 6) is 1.47. The quantitative estimate of drug-likeness (QED) is 0.338. The number of hydrogen-bond acceptors (Lipinski definition) is 3. The van der Waals surface area contributed by atoms with Gasteiger partial charge in [0.2, 0.25) is 0 Å². The average Bonchev–Trinajstić information content (AvgIpc) is 3.11. The molecule has 5 rings (SSSR count). The van der Waals surface area contributed by atoms with Gasteiger partial charge in [-0.15, -0.1) is 0 Å². The molecule has 34 heavy (non-hydrogen) atoms. The van der Waals surface area contributed by atoms with E-state index in [-0.39, 0.29) is 5.56 Å². The van der Waals surface area contributed by atoms with E-state index in [9.17, 15) is 4.79 Å². The standard InChI is InChI=1S/C29H27N3O2/c1-20-23(25-19-22(34-3)13-15-27(25)31(20)2)14-16-28-30-26-12-8-7-11-24(26)29(33)32(28)18-17-21-9-5-4-6-10-21/h4-16,19H,17-18H2,1-3H3. The molecule has 0 spiro atoms. The van der Waals surface area contributed by atoms with E-state index in [1.165, 1.54) is 5.56 Å². The van der Waals surface area contributed by atoms with Crippen molar-refractivity contribution >= 4 is 34.0 Å². The van der Waals surface area contributed by atoms with Crippen molar-refractivity contribution in [3.63, 3.8) is 0 Å². The maximum atomic E-state index is 13.4. The van der Waals surface area contributed by atoms with Crippen LogP contribution >= 0.6 is 0 Å². The van der Waals surface area contributed by atoms with Crippen molar-refractivity contribution in [2.45, 2.75) is 19.9 Å². The summed E-state index contributed by atoms with van der Waals surface area (Å²) in [4.78, 5) is 18.3. The molecule has 0 fully saturated rings. The third-order valence-electron chi connectivity index (χ3n) is 6.51. The van der Waals surface area contributed by atoms with Gasteiger partial charge < -0.3 is 9.30 Å². The van der Waals surface area contributed by atoms with E-state index >= 15 is 0 Å². The number of ether oxygens (including phenoxy) is 1. The van der Waals surface area contributed by atoms with Crippen LogP contribution in [0.3, 0.4) is 0 Å². The molecule has 3 aromatic carbocycles. The van der Waals surface area contributed by atoms with Gasteiger partial charge in [0.1, 0.15) is 11.6 Å².